The number of H-pyrrole nitrogens is 1. The summed E-state index contributed by atoms with van der Waals surface area (Å²) in [5, 5.41) is 0. The fourth-order valence-electron chi connectivity index (χ4n) is 1.13. The van der Waals surface area contributed by atoms with E-state index in [-0.39, 0.29) is 0 Å². The number of imidazole rings is 1. The van der Waals surface area contributed by atoms with Crippen LogP contribution in [0.1, 0.15) is 5.82 Å². The first-order valence-corrected chi connectivity index (χ1v) is 4.04. The van der Waals surface area contributed by atoms with Crippen LogP contribution in [0.15, 0.2) is 30.7 Å². The number of pyridine rings is 1. The molecule has 0 aliphatic carbocycles. The maximum atomic E-state index is 5.43. The molecule has 3 N–H and O–H groups in total. The predicted octanol–water partition coefficient (Wildman–Crippen LogP) is 0.930. The summed E-state index contributed by atoms with van der Waals surface area (Å²) in [4.78, 5) is 11.2. The number of nitrogens with one attached hydrogen (secondary N) is 1. The fraction of sp³-hybridized carbons (Fsp3) is 0.111. The SMILES string of the molecule is NCc1ncc(-c2cccnc2)[nH]1. The van der Waals surface area contributed by atoms with Crippen molar-refractivity contribution in [3.8, 4) is 11.3 Å². The van der Waals surface area contributed by atoms with Crippen LogP contribution in [0.3, 0.4) is 0 Å². The second-order valence-electron chi connectivity index (χ2n) is 2.69. The summed E-state index contributed by atoms with van der Waals surface area (Å²) in [6.45, 7) is 0.431. The second kappa shape index (κ2) is 3.37. The summed E-state index contributed by atoms with van der Waals surface area (Å²) in [7, 11) is 0. The van der Waals surface area contributed by atoms with E-state index < -0.39 is 0 Å². The van der Waals surface area contributed by atoms with Gasteiger partial charge in [0, 0.05) is 18.0 Å². The number of hydrogen-bond donors (Lipinski definition) is 2. The van der Waals surface area contributed by atoms with Crippen LogP contribution in [0.2, 0.25) is 0 Å². The number of nitrogens with two attached hydrogens (primary N) is 1. The lowest BCUT2D eigenvalue weighted by molar-refractivity contribution is 0.950. The highest BCUT2D eigenvalue weighted by Gasteiger charge is 2.00. The van der Waals surface area contributed by atoms with Crippen molar-refractivity contribution in [3.05, 3.63) is 36.5 Å². The molecule has 0 radical (unpaired) electrons. The van der Waals surface area contributed by atoms with E-state index in [2.05, 4.69) is 15.0 Å². The van der Waals surface area contributed by atoms with Gasteiger partial charge in [0.2, 0.25) is 0 Å². The van der Waals surface area contributed by atoms with Crippen LogP contribution in [0.4, 0.5) is 0 Å². The molecule has 2 rings (SSSR count). The van der Waals surface area contributed by atoms with Gasteiger partial charge in [-0.3, -0.25) is 4.98 Å². The highest BCUT2D eigenvalue weighted by atomic mass is 14.9. The van der Waals surface area contributed by atoms with Crippen LogP contribution in [0.25, 0.3) is 11.3 Å². The highest BCUT2D eigenvalue weighted by Crippen LogP contribution is 2.14. The normalized spacial score (nSPS) is 10.2. The van der Waals surface area contributed by atoms with E-state index in [0.29, 0.717) is 6.54 Å². The van der Waals surface area contributed by atoms with Crippen LogP contribution in [0.5, 0.6) is 0 Å². The third kappa shape index (κ3) is 1.57. The summed E-state index contributed by atoms with van der Waals surface area (Å²) in [6.07, 6.45) is 5.29. The van der Waals surface area contributed by atoms with Crippen molar-refractivity contribution in [2.45, 2.75) is 6.54 Å². The number of hydrogen-bond acceptors (Lipinski definition) is 3. The summed E-state index contributed by atoms with van der Waals surface area (Å²) < 4.78 is 0. The largest absolute Gasteiger partial charge is 0.341 e. The van der Waals surface area contributed by atoms with Crippen LogP contribution in [0, 0.1) is 0 Å². The summed E-state index contributed by atoms with van der Waals surface area (Å²) in [6, 6.07) is 3.86. The van der Waals surface area contributed by atoms with Gasteiger partial charge < -0.3 is 10.7 Å². The molecule has 0 aliphatic rings. The Balaban J connectivity index is 2.36. The lowest BCUT2D eigenvalue weighted by atomic mass is 10.2. The number of rotatable bonds is 2. The van der Waals surface area contributed by atoms with E-state index in [1.807, 2.05) is 12.1 Å². The molecule has 0 atom stereocenters. The minimum absolute atomic E-state index is 0.431. The first-order valence-electron chi connectivity index (χ1n) is 4.04. The van der Waals surface area contributed by atoms with Gasteiger partial charge in [-0.2, -0.15) is 0 Å². The van der Waals surface area contributed by atoms with E-state index in [1.165, 1.54) is 0 Å². The van der Waals surface area contributed by atoms with Gasteiger partial charge in [0.1, 0.15) is 5.82 Å². The van der Waals surface area contributed by atoms with E-state index in [4.69, 9.17) is 5.73 Å². The molecule has 0 aromatic carbocycles. The van der Waals surface area contributed by atoms with Gasteiger partial charge in [0.05, 0.1) is 18.4 Å². The van der Waals surface area contributed by atoms with Gasteiger partial charge in [-0.25, -0.2) is 4.98 Å². The zero-order valence-electron chi connectivity index (χ0n) is 7.07. The molecular formula is C9H10N4. The Kier molecular flexibility index (Phi) is 2.06. The quantitative estimate of drug-likeness (QED) is 0.711. The molecule has 0 bridgehead atoms. The lowest BCUT2D eigenvalue weighted by Crippen LogP contribution is -1.97. The standard InChI is InChI=1S/C9H10N4/c10-4-9-12-6-8(13-9)7-2-1-3-11-5-7/h1-3,5-6H,4,10H2,(H,12,13). The third-order valence-corrected chi connectivity index (χ3v) is 1.79. The lowest BCUT2D eigenvalue weighted by Gasteiger charge is -1.94. The first kappa shape index (κ1) is 7.94. The molecule has 0 saturated heterocycles. The van der Waals surface area contributed by atoms with Crippen molar-refractivity contribution in [2.75, 3.05) is 0 Å². The number of nitrogens with zero attached hydrogens (tertiary/aromatic N) is 2. The van der Waals surface area contributed by atoms with Crippen LogP contribution in [-0.4, -0.2) is 15.0 Å². The minimum Gasteiger partial charge on any atom is -0.341 e. The molecular weight excluding hydrogens is 164 g/mol. The van der Waals surface area contributed by atoms with E-state index in [9.17, 15) is 0 Å². The highest BCUT2D eigenvalue weighted by molar-refractivity contribution is 5.56. The molecule has 2 aromatic rings. The Morgan fingerprint density at radius 3 is 2.92 bits per heavy atom. The molecule has 0 unspecified atom stereocenters. The average Bonchev–Trinajstić information content (AvgIpc) is 2.67. The Labute approximate surface area is 75.8 Å². The molecule has 4 nitrogen and oxygen atoms in total. The molecule has 2 aromatic heterocycles. The monoisotopic (exact) mass is 174 g/mol. The predicted molar refractivity (Wildman–Crippen MR) is 49.7 cm³/mol. The van der Waals surface area contributed by atoms with Gasteiger partial charge in [0.25, 0.3) is 0 Å². The zero-order chi connectivity index (χ0) is 9.10. The van der Waals surface area contributed by atoms with Crippen LogP contribution >= 0.6 is 0 Å². The zero-order valence-corrected chi connectivity index (χ0v) is 7.07. The number of aromatic amines is 1. The molecule has 0 aliphatic heterocycles. The fourth-order valence-corrected chi connectivity index (χ4v) is 1.13. The third-order valence-electron chi connectivity index (χ3n) is 1.79. The van der Waals surface area contributed by atoms with Gasteiger partial charge in [0.15, 0.2) is 0 Å². The molecule has 0 amide bonds. The van der Waals surface area contributed by atoms with Crippen molar-refractivity contribution in [1.82, 2.24) is 15.0 Å². The maximum Gasteiger partial charge on any atom is 0.120 e. The molecule has 0 saturated carbocycles. The Bertz CT molecular complexity index is 380. The molecule has 0 spiro atoms. The topological polar surface area (TPSA) is 67.6 Å². The van der Waals surface area contributed by atoms with E-state index in [0.717, 1.165) is 17.1 Å². The smallest absolute Gasteiger partial charge is 0.120 e. The van der Waals surface area contributed by atoms with Crippen LogP contribution in [-0.2, 0) is 6.54 Å². The summed E-state index contributed by atoms with van der Waals surface area (Å²) >= 11 is 0. The van der Waals surface area contributed by atoms with Gasteiger partial charge in [-0.05, 0) is 12.1 Å². The second-order valence-corrected chi connectivity index (χ2v) is 2.69. The van der Waals surface area contributed by atoms with Crippen molar-refractivity contribution >= 4 is 0 Å². The van der Waals surface area contributed by atoms with Gasteiger partial charge in [-0.15, -0.1) is 0 Å². The van der Waals surface area contributed by atoms with E-state index >= 15 is 0 Å². The molecule has 2 heterocycles. The number of aromatic nitrogens is 3. The van der Waals surface area contributed by atoms with Crippen molar-refractivity contribution in [2.24, 2.45) is 5.73 Å². The van der Waals surface area contributed by atoms with Crippen LogP contribution < -0.4 is 5.73 Å². The Hall–Kier alpha value is -1.68. The first-order chi connectivity index (χ1) is 6.40. The summed E-state index contributed by atoms with van der Waals surface area (Å²) in [5.41, 5.74) is 7.41. The Morgan fingerprint density at radius 1 is 1.38 bits per heavy atom. The molecule has 66 valence electrons. The summed E-state index contributed by atoms with van der Waals surface area (Å²) in [5.74, 6) is 0.791. The van der Waals surface area contributed by atoms with Crippen molar-refractivity contribution in [1.29, 1.82) is 0 Å². The average molecular weight is 174 g/mol. The minimum atomic E-state index is 0.431. The van der Waals surface area contributed by atoms with E-state index in [1.54, 1.807) is 18.6 Å². The van der Waals surface area contributed by atoms with Gasteiger partial charge in [-0.1, -0.05) is 0 Å². The van der Waals surface area contributed by atoms with Gasteiger partial charge >= 0.3 is 0 Å². The van der Waals surface area contributed by atoms with Crippen molar-refractivity contribution in [3.63, 3.8) is 0 Å². The molecule has 4 heteroatoms. The maximum absolute atomic E-state index is 5.43. The molecule has 13 heavy (non-hydrogen) atoms. The Morgan fingerprint density at radius 2 is 2.31 bits per heavy atom. The van der Waals surface area contributed by atoms with Crippen molar-refractivity contribution < 1.29 is 0 Å². The molecule has 0 fully saturated rings.